The second-order valence-electron chi connectivity index (χ2n) is 8.15. The van der Waals surface area contributed by atoms with Crippen molar-refractivity contribution in [1.29, 1.82) is 0 Å². The van der Waals surface area contributed by atoms with Gasteiger partial charge in [-0.25, -0.2) is 9.97 Å². The van der Waals surface area contributed by atoms with Crippen molar-refractivity contribution in [1.82, 2.24) is 19.9 Å². The molecule has 0 saturated heterocycles. The van der Waals surface area contributed by atoms with E-state index in [1.54, 1.807) is 23.2 Å². The summed E-state index contributed by atoms with van der Waals surface area (Å²) in [7, 11) is 0. The molecular weight excluding hydrogens is 458 g/mol. The number of fused-ring (bicyclic) bond motifs is 1. The van der Waals surface area contributed by atoms with E-state index in [9.17, 15) is 9.59 Å². The van der Waals surface area contributed by atoms with Gasteiger partial charge in [-0.05, 0) is 70.1 Å². The summed E-state index contributed by atoms with van der Waals surface area (Å²) < 4.78 is 0.647. The lowest BCUT2D eigenvalue weighted by molar-refractivity contribution is -0.107. The summed E-state index contributed by atoms with van der Waals surface area (Å²) in [6.45, 7) is 3.28. The third-order valence-electron chi connectivity index (χ3n) is 5.96. The minimum Gasteiger partial charge on any atom is -0.346 e. The van der Waals surface area contributed by atoms with Crippen molar-refractivity contribution in [3.05, 3.63) is 58.5 Å². The van der Waals surface area contributed by atoms with E-state index in [1.807, 2.05) is 23.2 Å². The Labute approximate surface area is 188 Å². The number of H-pyrrole nitrogens is 1. The van der Waals surface area contributed by atoms with Gasteiger partial charge >= 0.3 is 0 Å². The van der Waals surface area contributed by atoms with Crippen LogP contribution in [0.4, 0.5) is 5.82 Å². The third-order valence-corrected chi connectivity index (χ3v) is 6.40. The number of amides is 2. The Morgan fingerprint density at radius 2 is 2.16 bits per heavy atom. The monoisotopic (exact) mass is 479 g/mol. The predicted molar refractivity (Wildman–Crippen MR) is 123 cm³/mol. The van der Waals surface area contributed by atoms with Crippen molar-refractivity contribution in [2.24, 2.45) is 5.92 Å². The van der Waals surface area contributed by atoms with E-state index < -0.39 is 0 Å². The quantitative estimate of drug-likeness (QED) is 0.442. The number of hydrogen-bond acceptors (Lipinski definition) is 4. The van der Waals surface area contributed by atoms with Crippen LogP contribution in [0.15, 0.2) is 47.3 Å². The molecule has 1 N–H and O–H groups in total. The first-order valence-corrected chi connectivity index (χ1v) is 11.2. The highest BCUT2D eigenvalue weighted by molar-refractivity contribution is 9.10. The highest BCUT2D eigenvalue weighted by Crippen LogP contribution is 2.37. The molecule has 1 atom stereocenters. The van der Waals surface area contributed by atoms with Gasteiger partial charge in [-0.3, -0.25) is 14.5 Å². The van der Waals surface area contributed by atoms with Gasteiger partial charge in [0, 0.05) is 42.5 Å². The Bertz CT molecular complexity index is 1200. The Kier molecular flexibility index (Phi) is 5.09. The lowest BCUT2D eigenvalue weighted by Gasteiger charge is -2.32. The van der Waals surface area contributed by atoms with E-state index in [0.29, 0.717) is 29.1 Å². The molecule has 31 heavy (non-hydrogen) atoms. The van der Waals surface area contributed by atoms with Crippen LogP contribution in [0.2, 0.25) is 0 Å². The minimum atomic E-state index is -0.00618. The number of carbonyl (C=O) groups is 2. The number of aromatic amines is 1. The summed E-state index contributed by atoms with van der Waals surface area (Å²) in [5.41, 5.74) is 3.64. The Hall–Kier alpha value is -3.00. The molecule has 1 aliphatic carbocycles. The molecule has 0 spiro atoms. The van der Waals surface area contributed by atoms with E-state index in [-0.39, 0.29) is 17.9 Å². The first kappa shape index (κ1) is 19.9. The SMILES string of the molecule is CC1CN(C(=O)c2ccnc(Br)c2)CC=C1c1cc(N(C=O)C2CC2)nc2[nH]ccc12. The predicted octanol–water partition coefficient (Wildman–Crippen LogP) is 4.02. The van der Waals surface area contributed by atoms with Crippen LogP contribution in [0.5, 0.6) is 0 Å². The summed E-state index contributed by atoms with van der Waals surface area (Å²) in [6, 6.07) is 7.76. The van der Waals surface area contributed by atoms with Gasteiger partial charge in [-0.15, -0.1) is 0 Å². The van der Waals surface area contributed by atoms with Crippen LogP contribution in [-0.2, 0) is 4.79 Å². The fraction of sp³-hybridized carbons (Fsp3) is 0.304. The smallest absolute Gasteiger partial charge is 0.254 e. The van der Waals surface area contributed by atoms with E-state index in [2.05, 4.69) is 43.9 Å². The molecule has 0 aromatic carbocycles. The molecule has 3 aromatic rings. The lowest BCUT2D eigenvalue weighted by atomic mass is 9.89. The average Bonchev–Trinajstić information content (AvgIpc) is 3.49. The molecule has 7 nitrogen and oxygen atoms in total. The largest absolute Gasteiger partial charge is 0.346 e. The second kappa shape index (κ2) is 7.92. The summed E-state index contributed by atoms with van der Waals surface area (Å²) in [4.78, 5) is 40.2. The number of carbonyl (C=O) groups excluding carboxylic acids is 2. The summed E-state index contributed by atoms with van der Waals surface area (Å²) >= 11 is 3.33. The van der Waals surface area contributed by atoms with Crippen LogP contribution >= 0.6 is 15.9 Å². The summed E-state index contributed by atoms with van der Waals surface area (Å²) in [5.74, 6) is 0.811. The van der Waals surface area contributed by atoms with Crippen molar-refractivity contribution < 1.29 is 9.59 Å². The van der Waals surface area contributed by atoms with Crippen molar-refractivity contribution >= 4 is 50.7 Å². The van der Waals surface area contributed by atoms with E-state index in [1.165, 1.54) is 5.57 Å². The number of hydrogen-bond donors (Lipinski definition) is 1. The van der Waals surface area contributed by atoms with Crippen LogP contribution in [0, 0.1) is 5.92 Å². The molecule has 4 heterocycles. The number of nitrogens with one attached hydrogen (secondary N) is 1. The van der Waals surface area contributed by atoms with Crippen molar-refractivity contribution in [2.45, 2.75) is 25.8 Å². The van der Waals surface area contributed by atoms with Gasteiger partial charge in [-0.1, -0.05) is 13.0 Å². The molecule has 0 radical (unpaired) electrons. The van der Waals surface area contributed by atoms with E-state index >= 15 is 0 Å². The van der Waals surface area contributed by atoms with Crippen molar-refractivity contribution in [3.63, 3.8) is 0 Å². The van der Waals surface area contributed by atoms with Gasteiger partial charge in [0.25, 0.3) is 5.91 Å². The zero-order chi connectivity index (χ0) is 21.5. The molecule has 1 fully saturated rings. The molecule has 3 aromatic heterocycles. The molecule has 0 bridgehead atoms. The zero-order valence-corrected chi connectivity index (χ0v) is 18.7. The van der Waals surface area contributed by atoms with E-state index in [4.69, 9.17) is 0 Å². The number of anilines is 1. The van der Waals surface area contributed by atoms with Gasteiger partial charge in [0.15, 0.2) is 0 Å². The summed E-state index contributed by atoms with van der Waals surface area (Å²) in [6.07, 6.45) is 8.53. The van der Waals surface area contributed by atoms with Crippen LogP contribution < -0.4 is 4.90 Å². The highest BCUT2D eigenvalue weighted by atomic mass is 79.9. The molecule has 1 aliphatic heterocycles. The fourth-order valence-corrected chi connectivity index (χ4v) is 4.61. The Balaban J connectivity index is 1.48. The number of halogens is 1. The zero-order valence-electron chi connectivity index (χ0n) is 17.1. The van der Waals surface area contributed by atoms with Crippen molar-refractivity contribution in [3.8, 4) is 0 Å². The van der Waals surface area contributed by atoms with Gasteiger partial charge in [0.05, 0.1) is 0 Å². The molecular formula is C23H22BrN5O2. The van der Waals surface area contributed by atoms with Gasteiger partial charge in [0.2, 0.25) is 6.41 Å². The molecule has 2 amide bonds. The number of pyridine rings is 2. The van der Waals surface area contributed by atoms with Crippen LogP contribution in [0.3, 0.4) is 0 Å². The number of rotatable bonds is 5. The second-order valence-corrected chi connectivity index (χ2v) is 8.96. The third kappa shape index (κ3) is 3.76. The molecule has 8 heteroatoms. The lowest BCUT2D eigenvalue weighted by Crippen LogP contribution is -2.38. The van der Waals surface area contributed by atoms with Crippen LogP contribution in [0.1, 0.15) is 35.7 Å². The normalized spacial score (nSPS) is 18.7. The van der Waals surface area contributed by atoms with Crippen LogP contribution in [-0.4, -0.2) is 51.3 Å². The maximum Gasteiger partial charge on any atom is 0.254 e. The standard InChI is InChI=1S/C23H22BrN5O2/c1-14-12-28(23(31)15-4-7-25-20(24)10-15)9-6-17(14)19-11-21(29(13-30)16-2-3-16)27-22-18(19)5-8-26-22/h4-8,10-11,13-14,16H,2-3,9,12H2,1H3,(H,26,27). The molecule has 1 saturated carbocycles. The van der Waals surface area contributed by atoms with Crippen molar-refractivity contribution in [2.75, 3.05) is 18.0 Å². The minimum absolute atomic E-state index is 0.00618. The Morgan fingerprint density at radius 3 is 2.87 bits per heavy atom. The Morgan fingerprint density at radius 1 is 1.32 bits per heavy atom. The average molecular weight is 480 g/mol. The molecule has 5 rings (SSSR count). The maximum atomic E-state index is 13.0. The van der Waals surface area contributed by atoms with Gasteiger partial charge < -0.3 is 9.88 Å². The molecule has 158 valence electrons. The summed E-state index contributed by atoms with van der Waals surface area (Å²) in [5, 5.41) is 1.03. The maximum absolute atomic E-state index is 13.0. The van der Waals surface area contributed by atoms with E-state index in [0.717, 1.165) is 35.8 Å². The first-order chi connectivity index (χ1) is 15.0. The molecule has 2 aliphatic rings. The fourth-order valence-electron chi connectivity index (χ4n) is 4.25. The van der Waals surface area contributed by atoms with Crippen LogP contribution in [0.25, 0.3) is 16.6 Å². The number of aromatic nitrogens is 3. The number of nitrogens with zero attached hydrogens (tertiary/aromatic N) is 4. The topological polar surface area (TPSA) is 82.2 Å². The van der Waals surface area contributed by atoms with Gasteiger partial charge in [-0.2, -0.15) is 0 Å². The molecule has 1 unspecified atom stereocenters. The first-order valence-electron chi connectivity index (χ1n) is 10.4. The highest BCUT2D eigenvalue weighted by Gasteiger charge is 2.31. The van der Waals surface area contributed by atoms with Gasteiger partial charge in [0.1, 0.15) is 16.1 Å².